The van der Waals surface area contributed by atoms with E-state index in [-0.39, 0.29) is 11.0 Å². The van der Waals surface area contributed by atoms with Crippen molar-refractivity contribution in [3.05, 3.63) is 51.2 Å². The summed E-state index contributed by atoms with van der Waals surface area (Å²) in [6.07, 6.45) is 0. The van der Waals surface area contributed by atoms with Crippen LogP contribution in [0.4, 0.5) is 0 Å². The predicted molar refractivity (Wildman–Crippen MR) is 97.6 cm³/mol. The number of hydrazine groups is 1. The van der Waals surface area contributed by atoms with E-state index in [1.54, 1.807) is 29.6 Å². The second-order valence-corrected chi connectivity index (χ2v) is 6.18. The Kier molecular flexibility index (Phi) is 6.53. The molecule has 0 aliphatic carbocycles. The quantitative estimate of drug-likeness (QED) is 0.559. The SMILES string of the molecule is CCOc1ccc(C(=O)NC(=S)NNC(=O)c2cccs2)cc1Cl. The minimum Gasteiger partial charge on any atom is -0.492 e. The van der Waals surface area contributed by atoms with Gasteiger partial charge in [0.1, 0.15) is 5.75 Å². The third-order valence-electron chi connectivity index (χ3n) is 2.76. The number of benzene rings is 1. The molecule has 1 aromatic carbocycles. The fraction of sp³-hybridized carbons (Fsp3) is 0.133. The smallest absolute Gasteiger partial charge is 0.279 e. The zero-order chi connectivity index (χ0) is 17.5. The molecule has 0 saturated carbocycles. The molecular formula is C15H14ClN3O3S2. The molecule has 9 heteroatoms. The van der Waals surface area contributed by atoms with Crippen molar-refractivity contribution in [1.82, 2.24) is 16.2 Å². The molecule has 0 spiro atoms. The normalized spacial score (nSPS) is 9.92. The van der Waals surface area contributed by atoms with Gasteiger partial charge in [-0.15, -0.1) is 11.3 Å². The first-order valence-corrected chi connectivity index (χ1v) is 8.55. The average molecular weight is 384 g/mol. The standard InChI is InChI=1S/C15H14ClN3O3S2/c1-2-22-11-6-5-9(8-10(11)16)13(20)17-15(23)19-18-14(21)12-4-3-7-24-12/h3-8H,2H2,1H3,(H,18,21)(H2,17,19,20,23). The molecule has 0 saturated heterocycles. The molecule has 0 fully saturated rings. The van der Waals surface area contributed by atoms with E-state index in [0.29, 0.717) is 27.8 Å². The number of rotatable bonds is 4. The van der Waals surface area contributed by atoms with Crippen LogP contribution in [0.25, 0.3) is 0 Å². The van der Waals surface area contributed by atoms with E-state index in [1.807, 2.05) is 6.92 Å². The minimum atomic E-state index is -0.456. The second kappa shape index (κ2) is 8.62. The van der Waals surface area contributed by atoms with Gasteiger partial charge in [0.25, 0.3) is 11.8 Å². The first-order chi connectivity index (χ1) is 11.5. The van der Waals surface area contributed by atoms with Gasteiger partial charge in [0.15, 0.2) is 5.11 Å². The lowest BCUT2D eigenvalue weighted by molar-refractivity contribution is 0.0938. The molecule has 0 atom stereocenters. The van der Waals surface area contributed by atoms with Gasteiger partial charge < -0.3 is 4.74 Å². The molecule has 6 nitrogen and oxygen atoms in total. The van der Waals surface area contributed by atoms with Crippen molar-refractivity contribution in [2.45, 2.75) is 6.92 Å². The van der Waals surface area contributed by atoms with Crippen molar-refractivity contribution in [3.8, 4) is 5.75 Å². The summed E-state index contributed by atoms with van der Waals surface area (Å²) in [6.45, 7) is 2.31. The fourth-order valence-corrected chi connectivity index (χ4v) is 2.70. The van der Waals surface area contributed by atoms with Crippen LogP contribution in [0.3, 0.4) is 0 Å². The molecule has 1 heterocycles. The molecular weight excluding hydrogens is 370 g/mol. The lowest BCUT2D eigenvalue weighted by Gasteiger charge is -2.11. The van der Waals surface area contributed by atoms with E-state index in [2.05, 4.69) is 16.2 Å². The Morgan fingerprint density at radius 2 is 2.04 bits per heavy atom. The van der Waals surface area contributed by atoms with Crippen LogP contribution in [0.1, 0.15) is 27.0 Å². The first kappa shape index (κ1) is 18.2. The van der Waals surface area contributed by atoms with Crippen LogP contribution in [0.15, 0.2) is 35.7 Å². The van der Waals surface area contributed by atoms with Gasteiger partial charge in [0.05, 0.1) is 16.5 Å². The molecule has 2 aromatic rings. The fourth-order valence-electron chi connectivity index (χ4n) is 1.70. The maximum atomic E-state index is 12.1. The van der Waals surface area contributed by atoms with Gasteiger partial charge in [-0.2, -0.15) is 0 Å². The van der Waals surface area contributed by atoms with E-state index in [1.165, 1.54) is 17.4 Å². The third kappa shape index (κ3) is 4.92. The number of carbonyl (C=O) groups excluding carboxylic acids is 2. The number of hydrogen-bond donors (Lipinski definition) is 3. The summed E-state index contributed by atoms with van der Waals surface area (Å²) in [6, 6.07) is 8.09. The molecule has 0 unspecified atom stereocenters. The molecule has 0 aliphatic heterocycles. The predicted octanol–water partition coefficient (Wildman–Crippen LogP) is 2.75. The molecule has 0 aliphatic rings. The maximum absolute atomic E-state index is 12.1. The highest BCUT2D eigenvalue weighted by molar-refractivity contribution is 7.80. The number of hydrogen-bond acceptors (Lipinski definition) is 5. The zero-order valence-electron chi connectivity index (χ0n) is 12.6. The number of halogens is 1. The van der Waals surface area contributed by atoms with Crippen molar-refractivity contribution in [2.75, 3.05) is 6.61 Å². The van der Waals surface area contributed by atoms with Crippen LogP contribution >= 0.6 is 35.2 Å². The first-order valence-electron chi connectivity index (χ1n) is 6.88. The van der Waals surface area contributed by atoms with Crippen molar-refractivity contribution >= 4 is 52.1 Å². The summed E-state index contributed by atoms with van der Waals surface area (Å²) >= 11 is 12.3. The van der Waals surface area contributed by atoms with E-state index < -0.39 is 5.91 Å². The van der Waals surface area contributed by atoms with Crippen molar-refractivity contribution < 1.29 is 14.3 Å². The van der Waals surface area contributed by atoms with Crippen molar-refractivity contribution in [3.63, 3.8) is 0 Å². The van der Waals surface area contributed by atoms with E-state index in [0.717, 1.165) is 0 Å². The van der Waals surface area contributed by atoms with Gasteiger partial charge in [0.2, 0.25) is 0 Å². The van der Waals surface area contributed by atoms with Gasteiger partial charge in [-0.25, -0.2) is 0 Å². The number of nitrogens with one attached hydrogen (secondary N) is 3. The van der Waals surface area contributed by atoms with Gasteiger partial charge in [0, 0.05) is 5.56 Å². The number of amides is 2. The molecule has 1 aromatic heterocycles. The van der Waals surface area contributed by atoms with Crippen LogP contribution in [0.5, 0.6) is 5.75 Å². The number of thiophene rings is 1. The summed E-state index contributed by atoms with van der Waals surface area (Å²) in [5.41, 5.74) is 5.18. The summed E-state index contributed by atoms with van der Waals surface area (Å²) in [5.74, 6) is -0.298. The Hall–Kier alpha value is -2.16. The highest BCUT2D eigenvalue weighted by Crippen LogP contribution is 2.25. The van der Waals surface area contributed by atoms with Gasteiger partial charge in [-0.05, 0) is 48.8 Å². The molecule has 2 rings (SSSR count). The third-order valence-corrected chi connectivity index (χ3v) is 4.12. The van der Waals surface area contributed by atoms with Gasteiger partial charge >= 0.3 is 0 Å². The van der Waals surface area contributed by atoms with Crippen LogP contribution in [0.2, 0.25) is 5.02 Å². The molecule has 3 N–H and O–H groups in total. The summed E-state index contributed by atoms with van der Waals surface area (Å²) in [4.78, 5) is 24.4. The van der Waals surface area contributed by atoms with Crippen LogP contribution in [0, 0.1) is 0 Å². The van der Waals surface area contributed by atoms with Crippen molar-refractivity contribution in [1.29, 1.82) is 0 Å². The van der Waals surface area contributed by atoms with E-state index in [4.69, 9.17) is 28.6 Å². The second-order valence-electron chi connectivity index (χ2n) is 4.42. The molecule has 0 radical (unpaired) electrons. The largest absolute Gasteiger partial charge is 0.492 e. The summed E-state index contributed by atoms with van der Waals surface area (Å²) < 4.78 is 5.30. The summed E-state index contributed by atoms with van der Waals surface area (Å²) in [5, 5.41) is 4.52. The molecule has 24 heavy (non-hydrogen) atoms. The van der Waals surface area contributed by atoms with Crippen LogP contribution in [-0.4, -0.2) is 23.5 Å². The van der Waals surface area contributed by atoms with Gasteiger partial charge in [-0.3, -0.25) is 25.8 Å². The van der Waals surface area contributed by atoms with E-state index >= 15 is 0 Å². The summed E-state index contributed by atoms with van der Waals surface area (Å²) in [7, 11) is 0. The highest BCUT2D eigenvalue weighted by atomic mass is 35.5. The van der Waals surface area contributed by atoms with Crippen LogP contribution in [-0.2, 0) is 0 Å². The van der Waals surface area contributed by atoms with E-state index in [9.17, 15) is 9.59 Å². The molecule has 0 bridgehead atoms. The Morgan fingerprint density at radius 1 is 1.25 bits per heavy atom. The number of carbonyl (C=O) groups is 2. The Labute approximate surface area is 153 Å². The molecule has 2 amide bonds. The molecule has 126 valence electrons. The zero-order valence-corrected chi connectivity index (χ0v) is 15.0. The van der Waals surface area contributed by atoms with Crippen LogP contribution < -0.4 is 20.9 Å². The topological polar surface area (TPSA) is 79.5 Å². The Balaban J connectivity index is 1.88. The lowest BCUT2D eigenvalue weighted by atomic mass is 10.2. The lowest BCUT2D eigenvalue weighted by Crippen LogP contribution is -2.48. The number of ether oxygens (including phenoxy) is 1. The average Bonchev–Trinajstić information content (AvgIpc) is 3.09. The van der Waals surface area contributed by atoms with Crippen molar-refractivity contribution in [2.24, 2.45) is 0 Å². The Morgan fingerprint density at radius 3 is 2.67 bits per heavy atom. The maximum Gasteiger partial charge on any atom is 0.279 e. The minimum absolute atomic E-state index is 0.0325. The van der Waals surface area contributed by atoms with Gasteiger partial charge in [-0.1, -0.05) is 17.7 Å². The number of thiocarbonyl (C=S) groups is 1. The monoisotopic (exact) mass is 383 g/mol. The highest BCUT2D eigenvalue weighted by Gasteiger charge is 2.12. The Bertz CT molecular complexity index is 750.